The van der Waals surface area contributed by atoms with Crippen molar-refractivity contribution < 1.29 is 28.5 Å². The van der Waals surface area contributed by atoms with Crippen LogP contribution in [0.5, 0.6) is 11.5 Å². The normalized spacial score (nSPS) is 11.2. The zero-order valence-electron chi connectivity index (χ0n) is 25.9. The second-order valence-electron chi connectivity index (χ2n) is 10.7. The lowest BCUT2D eigenvalue weighted by Gasteiger charge is -2.19. The van der Waals surface area contributed by atoms with Crippen LogP contribution < -0.4 is 20.1 Å². The number of benzene rings is 4. The van der Waals surface area contributed by atoms with Crippen molar-refractivity contribution in [3.05, 3.63) is 94.6 Å². The van der Waals surface area contributed by atoms with Crippen molar-refractivity contribution >= 4 is 0 Å². The highest BCUT2D eigenvalue weighted by molar-refractivity contribution is 5.84. The molecule has 0 spiro atoms. The summed E-state index contributed by atoms with van der Waals surface area (Å²) in [6.45, 7) is 5.94. The molecule has 0 amide bonds. The highest BCUT2D eigenvalue weighted by Gasteiger charge is 2.18. The van der Waals surface area contributed by atoms with Gasteiger partial charge >= 0.3 is 0 Å². The first-order valence-corrected chi connectivity index (χ1v) is 14.9. The molecule has 4 N–H and O–H groups in total. The Balaban J connectivity index is 1.70. The summed E-state index contributed by atoms with van der Waals surface area (Å²) in [6, 6.07) is 18.7. The van der Waals surface area contributed by atoms with Crippen LogP contribution in [-0.2, 0) is 13.1 Å². The van der Waals surface area contributed by atoms with Crippen LogP contribution in [0, 0.1) is 25.5 Å². The molecule has 0 aromatic heterocycles. The Morgan fingerprint density at radius 1 is 0.614 bits per heavy atom. The van der Waals surface area contributed by atoms with E-state index in [1.54, 1.807) is 0 Å². The maximum Gasteiger partial charge on any atom is 0.132 e. The average Bonchev–Trinajstić information content (AvgIpc) is 3.02. The van der Waals surface area contributed by atoms with Crippen LogP contribution in [0.15, 0.2) is 60.7 Å². The summed E-state index contributed by atoms with van der Waals surface area (Å²) in [7, 11) is 3.07. The molecule has 0 heterocycles. The zero-order chi connectivity index (χ0) is 31.6. The largest absolute Gasteiger partial charge is 0.496 e. The van der Waals surface area contributed by atoms with Crippen molar-refractivity contribution in [2.24, 2.45) is 0 Å². The molecule has 0 aliphatic rings. The standard InChI is InChI=1S/C36H42F2N2O4/c1-23-27(25-17-33(37)31(35(19-25)43-3)21-39-13-7-15-41)9-5-11-29(23)30-12-6-10-28(24(30)2)26-18-34(38)32(36(20-26)44-4)22-40-14-8-16-42/h5-6,9-12,17-20,39-42H,7-8,13-16,21-22H2,1-4H3. The fraction of sp³-hybridized carbons (Fsp3) is 0.333. The maximum absolute atomic E-state index is 15.4. The van der Waals surface area contributed by atoms with E-state index in [0.717, 1.165) is 33.4 Å². The lowest BCUT2D eigenvalue weighted by Crippen LogP contribution is -2.17. The lowest BCUT2D eigenvalue weighted by molar-refractivity contribution is 0.285. The number of aliphatic hydroxyl groups excluding tert-OH is 2. The number of methoxy groups -OCH3 is 2. The van der Waals surface area contributed by atoms with E-state index in [1.165, 1.54) is 26.4 Å². The fourth-order valence-electron chi connectivity index (χ4n) is 5.56. The molecule has 0 bridgehead atoms. The summed E-state index contributed by atoms with van der Waals surface area (Å²) >= 11 is 0. The monoisotopic (exact) mass is 604 g/mol. The van der Waals surface area contributed by atoms with Crippen LogP contribution in [-0.4, -0.2) is 50.7 Å². The molecule has 0 saturated carbocycles. The highest BCUT2D eigenvalue weighted by Crippen LogP contribution is 2.39. The third kappa shape index (κ3) is 7.45. The molecule has 0 saturated heterocycles. The summed E-state index contributed by atoms with van der Waals surface area (Å²) in [6.07, 6.45) is 1.18. The van der Waals surface area contributed by atoms with Crippen LogP contribution >= 0.6 is 0 Å². The van der Waals surface area contributed by atoms with Gasteiger partial charge in [-0.15, -0.1) is 0 Å². The van der Waals surface area contributed by atoms with Crippen molar-refractivity contribution in [1.29, 1.82) is 0 Å². The molecule has 0 fully saturated rings. The van der Waals surface area contributed by atoms with Gasteiger partial charge in [0, 0.05) is 37.4 Å². The minimum Gasteiger partial charge on any atom is -0.496 e. The number of hydrogen-bond acceptors (Lipinski definition) is 6. The minimum atomic E-state index is -0.359. The molecule has 4 rings (SSSR count). The molecule has 0 aliphatic heterocycles. The molecule has 0 aliphatic carbocycles. The quantitative estimate of drug-likeness (QED) is 0.115. The van der Waals surface area contributed by atoms with Crippen molar-refractivity contribution in [1.82, 2.24) is 10.6 Å². The van der Waals surface area contributed by atoms with Gasteiger partial charge < -0.3 is 30.3 Å². The summed E-state index contributed by atoms with van der Waals surface area (Å²) < 4.78 is 41.8. The van der Waals surface area contributed by atoms with E-state index < -0.39 is 0 Å². The summed E-state index contributed by atoms with van der Waals surface area (Å²) in [4.78, 5) is 0. The van der Waals surface area contributed by atoms with Crippen LogP contribution in [0.2, 0.25) is 0 Å². The molecule has 44 heavy (non-hydrogen) atoms. The molecule has 0 radical (unpaired) electrons. The van der Waals surface area contributed by atoms with Gasteiger partial charge in [0.2, 0.25) is 0 Å². The lowest BCUT2D eigenvalue weighted by atomic mass is 9.87. The van der Waals surface area contributed by atoms with Gasteiger partial charge in [0.25, 0.3) is 0 Å². The van der Waals surface area contributed by atoms with Crippen LogP contribution in [0.3, 0.4) is 0 Å². The Morgan fingerprint density at radius 3 is 1.36 bits per heavy atom. The third-order valence-corrected chi connectivity index (χ3v) is 7.96. The summed E-state index contributed by atoms with van der Waals surface area (Å²) in [5.41, 5.74) is 8.03. The van der Waals surface area contributed by atoms with E-state index in [1.807, 2.05) is 62.4 Å². The van der Waals surface area contributed by atoms with Gasteiger partial charge in [0.1, 0.15) is 23.1 Å². The van der Waals surface area contributed by atoms with Gasteiger partial charge in [-0.1, -0.05) is 36.4 Å². The SMILES string of the molecule is COc1cc(-c2cccc(-c3cccc(-c4cc(F)c(CNCCCO)c(OC)c4)c3C)c2C)cc(F)c1CNCCCO. The average molecular weight is 605 g/mol. The number of nitrogens with one attached hydrogen (secondary N) is 2. The summed E-state index contributed by atoms with van der Waals surface area (Å²) in [5.74, 6) is 0.202. The number of halogens is 2. The molecule has 6 nitrogen and oxygen atoms in total. The summed E-state index contributed by atoms with van der Waals surface area (Å²) in [5, 5.41) is 24.3. The van der Waals surface area contributed by atoms with Crippen molar-refractivity contribution in [3.63, 3.8) is 0 Å². The molecular weight excluding hydrogens is 562 g/mol. The van der Waals surface area contributed by atoms with Crippen LogP contribution in [0.25, 0.3) is 33.4 Å². The molecule has 4 aromatic rings. The molecule has 0 unspecified atom stereocenters. The molecular formula is C36H42F2N2O4. The Morgan fingerprint density at radius 2 is 1.00 bits per heavy atom. The Hall–Kier alpha value is -3.82. The number of ether oxygens (including phenoxy) is 2. The van der Waals surface area contributed by atoms with Crippen molar-refractivity contribution in [3.8, 4) is 44.9 Å². The second-order valence-corrected chi connectivity index (χ2v) is 10.7. The van der Waals surface area contributed by atoms with Gasteiger partial charge in [0.15, 0.2) is 0 Å². The second kappa shape index (κ2) is 15.8. The predicted octanol–water partition coefficient (Wildman–Crippen LogP) is 6.54. The first-order chi connectivity index (χ1) is 21.3. The van der Waals surface area contributed by atoms with E-state index in [4.69, 9.17) is 19.7 Å². The molecule has 4 aromatic carbocycles. The van der Waals surface area contributed by atoms with Gasteiger partial charge in [0.05, 0.1) is 14.2 Å². The predicted molar refractivity (Wildman–Crippen MR) is 172 cm³/mol. The van der Waals surface area contributed by atoms with E-state index in [2.05, 4.69) is 10.6 Å². The maximum atomic E-state index is 15.4. The first-order valence-electron chi connectivity index (χ1n) is 14.9. The van der Waals surface area contributed by atoms with Crippen molar-refractivity contribution in [2.45, 2.75) is 39.8 Å². The fourth-order valence-corrected chi connectivity index (χ4v) is 5.56. The van der Waals surface area contributed by atoms with Gasteiger partial charge in [-0.05, 0) is 109 Å². The van der Waals surface area contributed by atoms with Crippen LogP contribution in [0.4, 0.5) is 8.78 Å². The Bertz CT molecular complexity index is 1460. The minimum absolute atomic E-state index is 0.0748. The number of hydrogen-bond donors (Lipinski definition) is 4. The number of rotatable bonds is 15. The first kappa shape index (κ1) is 33.1. The van der Waals surface area contributed by atoms with Gasteiger partial charge in [-0.25, -0.2) is 8.78 Å². The van der Waals surface area contributed by atoms with Crippen molar-refractivity contribution in [2.75, 3.05) is 40.5 Å². The van der Waals surface area contributed by atoms with E-state index in [-0.39, 0.29) is 24.8 Å². The highest BCUT2D eigenvalue weighted by atomic mass is 19.1. The Labute approximate surface area is 258 Å². The Kier molecular flexibility index (Phi) is 11.9. The number of aliphatic hydroxyl groups is 2. The molecule has 0 atom stereocenters. The molecule has 8 heteroatoms. The van der Waals surface area contributed by atoms with E-state index in [0.29, 0.717) is 72.8 Å². The van der Waals surface area contributed by atoms with Crippen LogP contribution in [0.1, 0.15) is 35.1 Å². The third-order valence-electron chi connectivity index (χ3n) is 7.96. The van der Waals surface area contributed by atoms with E-state index in [9.17, 15) is 0 Å². The van der Waals surface area contributed by atoms with E-state index >= 15 is 8.78 Å². The molecule has 234 valence electrons. The van der Waals surface area contributed by atoms with Gasteiger partial charge in [-0.2, -0.15) is 0 Å². The topological polar surface area (TPSA) is 83.0 Å². The zero-order valence-corrected chi connectivity index (χ0v) is 25.9. The van der Waals surface area contributed by atoms with Gasteiger partial charge in [-0.3, -0.25) is 0 Å². The smallest absolute Gasteiger partial charge is 0.132 e.